The highest BCUT2D eigenvalue weighted by atomic mass is 32.1. The van der Waals surface area contributed by atoms with E-state index in [2.05, 4.69) is 10.5 Å². The van der Waals surface area contributed by atoms with E-state index in [0.29, 0.717) is 12.1 Å². The predicted molar refractivity (Wildman–Crippen MR) is 93.2 cm³/mol. The van der Waals surface area contributed by atoms with Crippen molar-refractivity contribution in [1.29, 1.82) is 0 Å². The Morgan fingerprint density at radius 1 is 1.29 bits per heavy atom. The summed E-state index contributed by atoms with van der Waals surface area (Å²) in [6.45, 7) is 0. The van der Waals surface area contributed by atoms with Crippen LogP contribution in [0.4, 0.5) is 0 Å². The van der Waals surface area contributed by atoms with Gasteiger partial charge in [0.2, 0.25) is 5.88 Å². The standard InChI is InChI=1S/C16H18N4O3S/c1-19-14(21)13(15(22)20(2)16(19)24)12-8-11(17-18-12)9-4-6-10(23-3)7-5-9/h4-7,11,17,21H,8H2,1-3H3. The molecule has 1 aromatic carbocycles. The van der Waals surface area contributed by atoms with Gasteiger partial charge in [-0.1, -0.05) is 12.1 Å². The number of hydrogen-bond acceptors (Lipinski definition) is 6. The summed E-state index contributed by atoms with van der Waals surface area (Å²) in [5, 5.41) is 14.6. The number of benzene rings is 1. The van der Waals surface area contributed by atoms with Gasteiger partial charge < -0.3 is 15.3 Å². The minimum Gasteiger partial charge on any atom is -0.497 e. The summed E-state index contributed by atoms with van der Waals surface area (Å²) in [7, 11) is 4.81. The zero-order valence-electron chi connectivity index (χ0n) is 13.6. The Morgan fingerprint density at radius 3 is 2.58 bits per heavy atom. The van der Waals surface area contributed by atoms with Crippen LogP contribution in [0.25, 0.3) is 0 Å². The van der Waals surface area contributed by atoms with Gasteiger partial charge in [-0.3, -0.25) is 13.9 Å². The maximum absolute atomic E-state index is 12.5. The van der Waals surface area contributed by atoms with Crippen molar-refractivity contribution in [2.45, 2.75) is 12.5 Å². The first-order chi connectivity index (χ1) is 11.4. The number of aromatic nitrogens is 2. The molecule has 3 rings (SSSR count). The Hall–Kier alpha value is -2.61. The van der Waals surface area contributed by atoms with Crippen molar-refractivity contribution in [2.24, 2.45) is 19.2 Å². The lowest BCUT2D eigenvalue weighted by atomic mass is 10.00. The topological polar surface area (TPSA) is 80.8 Å². The molecule has 0 fully saturated rings. The largest absolute Gasteiger partial charge is 0.497 e. The zero-order chi connectivity index (χ0) is 17.4. The number of rotatable bonds is 3. The highest BCUT2D eigenvalue weighted by molar-refractivity contribution is 7.71. The van der Waals surface area contributed by atoms with E-state index < -0.39 is 0 Å². The SMILES string of the molecule is COc1ccc(C2CC(c3c(O)n(C)c(=S)n(C)c3=O)=NN2)cc1. The first kappa shape index (κ1) is 16.3. The minimum absolute atomic E-state index is 0.0662. The molecule has 1 aromatic heterocycles. The third-order valence-corrected chi connectivity index (χ3v) is 4.74. The van der Waals surface area contributed by atoms with Gasteiger partial charge in [0.05, 0.1) is 18.9 Å². The second-order valence-corrected chi connectivity index (χ2v) is 5.99. The van der Waals surface area contributed by atoms with Crippen molar-refractivity contribution in [1.82, 2.24) is 14.6 Å². The van der Waals surface area contributed by atoms with Gasteiger partial charge in [0, 0.05) is 20.5 Å². The van der Waals surface area contributed by atoms with E-state index in [1.807, 2.05) is 24.3 Å². The quantitative estimate of drug-likeness (QED) is 0.825. The highest BCUT2D eigenvalue weighted by Crippen LogP contribution is 2.27. The van der Waals surface area contributed by atoms with Crippen molar-refractivity contribution >= 4 is 17.9 Å². The third-order valence-electron chi connectivity index (χ3n) is 4.19. The van der Waals surface area contributed by atoms with Gasteiger partial charge in [-0.05, 0) is 29.9 Å². The molecule has 0 radical (unpaired) electrons. The van der Waals surface area contributed by atoms with Crippen molar-refractivity contribution in [3.63, 3.8) is 0 Å². The van der Waals surface area contributed by atoms with Crippen LogP contribution in [0.3, 0.4) is 0 Å². The normalized spacial score (nSPS) is 16.6. The monoisotopic (exact) mass is 346 g/mol. The van der Waals surface area contributed by atoms with Crippen LogP contribution in [-0.4, -0.2) is 27.1 Å². The lowest BCUT2D eigenvalue weighted by Crippen LogP contribution is -2.28. The second-order valence-electron chi connectivity index (χ2n) is 5.62. The van der Waals surface area contributed by atoms with Crippen LogP contribution in [-0.2, 0) is 14.1 Å². The molecule has 8 heteroatoms. The fraction of sp³-hybridized carbons (Fsp3) is 0.312. The van der Waals surface area contributed by atoms with Gasteiger partial charge in [0.25, 0.3) is 5.56 Å². The minimum atomic E-state index is -0.355. The Balaban J connectivity index is 1.94. The lowest BCUT2D eigenvalue weighted by Gasteiger charge is -2.12. The molecule has 1 aliphatic heterocycles. The van der Waals surface area contributed by atoms with Crippen molar-refractivity contribution < 1.29 is 9.84 Å². The molecule has 1 atom stereocenters. The van der Waals surface area contributed by atoms with Gasteiger partial charge in [0.1, 0.15) is 11.3 Å². The predicted octanol–water partition coefficient (Wildman–Crippen LogP) is 1.61. The number of nitrogens with one attached hydrogen (secondary N) is 1. The first-order valence-electron chi connectivity index (χ1n) is 7.39. The zero-order valence-corrected chi connectivity index (χ0v) is 14.4. The van der Waals surface area contributed by atoms with Crippen LogP contribution < -0.4 is 15.7 Å². The molecule has 0 saturated heterocycles. The van der Waals surface area contributed by atoms with Gasteiger partial charge in [-0.2, -0.15) is 5.10 Å². The van der Waals surface area contributed by atoms with E-state index in [0.717, 1.165) is 11.3 Å². The van der Waals surface area contributed by atoms with Crippen molar-refractivity contribution in [3.05, 3.63) is 50.5 Å². The average Bonchev–Trinajstić information content (AvgIpc) is 3.08. The van der Waals surface area contributed by atoms with E-state index in [1.54, 1.807) is 21.2 Å². The molecule has 7 nitrogen and oxygen atoms in total. The number of aromatic hydroxyl groups is 1. The summed E-state index contributed by atoms with van der Waals surface area (Å²) >= 11 is 5.13. The summed E-state index contributed by atoms with van der Waals surface area (Å²) in [5.74, 6) is 0.608. The van der Waals surface area contributed by atoms with Crippen LogP contribution >= 0.6 is 12.2 Å². The molecule has 0 saturated carbocycles. The van der Waals surface area contributed by atoms with Gasteiger partial charge in [-0.25, -0.2) is 0 Å². The number of ether oxygens (including phenoxy) is 1. The lowest BCUT2D eigenvalue weighted by molar-refractivity contribution is 0.414. The summed E-state index contributed by atoms with van der Waals surface area (Å²) in [4.78, 5) is 12.5. The maximum atomic E-state index is 12.5. The molecule has 2 aromatic rings. The summed E-state index contributed by atoms with van der Waals surface area (Å²) in [6, 6.07) is 7.57. The molecule has 126 valence electrons. The Bertz CT molecular complexity index is 928. The Labute approximate surface area is 143 Å². The van der Waals surface area contributed by atoms with E-state index >= 15 is 0 Å². The second kappa shape index (κ2) is 6.12. The average molecular weight is 346 g/mol. The Morgan fingerprint density at radius 2 is 1.96 bits per heavy atom. The molecule has 1 unspecified atom stereocenters. The van der Waals surface area contributed by atoms with Gasteiger partial charge in [0.15, 0.2) is 4.77 Å². The van der Waals surface area contributed by atoms with E-state index in [4.69, 9.17) is 17.0 Å². The number of hydrazone groups is 1. The van der Waals surface area contributed by atoms with Gasteiger partial charge >= 0.3 is 0 Å². The number of hydrogen-bond donors (Lipinski definition) is 2. The van der Waals surface area contributed by atoms with E-state index in [1.165, 1.54) is 9.13 Å². The van der Waals surface area contributed by atoms with Crippen LogP contribution in [0.1, 0.15) is 23.6 Å². The van der Waals surface area contributed by atoms with Crippen LogP contribution in [0.2, 0.25) is 0 Å². The van der Waals surface area contributed by atoms with Crippen LogP contribution in [0.15, 0.2) is 34.2 Å². The molecule has 2 N–H and O–H groups in total. The summed E-state index contributed by atoms with van der Waals surface area (Å²) < 4.78 is 8.13. The highest BCUT2D eigenvalue weighted by Gasteiger charge is 2.27. The summed E-state index contributed by atoms with van der Waals surface area (Å²) in [5.41, 5.74) is 4.38. The molecule has 2 heterocycles. The van der Waals surface area contributed by atoms with Gasteiger partial charge in [-0.15, -0.1) is 0 Å². The molecule has 24 heavy (non-hydrogen) atoms. The van der Waals surface area contributed by atoms with Crippen LogP contribution in [0.5, 0.6) is 11.6 Å². The van der Waals surface area contributed by atoms with E-state index in [-0.39, 0.29) is 27.8 Å². The Kier molecular flexibility index (Phi) is 4.15. The molecular formula is C16H18N4O3S. The first-order valence-corrected chi connectivity index (χ1v) is 7.80. The van der Waals surface area contributed by atoms with Crippen molar-refractivity contribution in [3.8, 4) is 11.6 Å². The van der Waals surface area contributed by atoms with E-state index in [9.17, 15) is 9.90 Å². The molecule has 0 bridgehead atoms. The summed E-state index contributed by atoms with van der Waals surface area (Å²) in [6.07, 6.45) is 0.492. The third kappa shape index (κ3) is 2.58. The smallest absolute Gasteiger partial charge is 0.267 e. The molecule has 0 amide bonds. The number of nitrogens with zero attached hydrogens (tertiary/aromatic N) is 3. The van der Waals surface area contributed by atoms with Crippen LogP contribution in [0, 0.1) is 4.77 Å². The number of methoxy groups -OCH3 is 1. The maximum Gasteiger partial charge on any atom is 0.267 e. The molecule has 0 spiro atoms. The fourth-order valence-corrected chi connectivity index (χ4v) is 2.88. The molecule has 0 aliphatic carbocycles. The van der Waals surface area contributed by atoms with Crippen molar-refractivity contribution in [2.75, 3.05) is 7.11 Å². The fourth-order valence-electron chi connectivity index (χ4n) is 2.71. The molecular weight excluding hydrogens is 328 g/mol. The molecule has 1 aliphatic rings.